The van der Waals surface area contributed by atoms with E-state index in [1.165, 1.54) is 0 Å². The number of nitrogen functional groups attached to an aromatic ring is 1. The van der Waals surface area contributed by atoms with Crippen molar-refractivity contribution >= 4 is 40.2 Å². The van der Waals surface area contributed by atoms with Crippen LogP contribution in [0.5, 0.6) is 0 Å². The molecular formula is C24H19N3O3. The summed E-state index contributed by atoms with van der Waals surface area (Å²) in [5, 5.41) is 5.93. The Hall–Kier alpha value is -4.19. The molecule has 0 saturated carbocycles. The molecule has 0 aromatic heterocycles. The first-order valence-corrected chi connectivity index (χ1v) is 9.31. The van der Waals surface area contributed by atoms with E-state index < -0.39 is 0 Å². The van der Waals surface area contributed by atoms with Crippen molar-refractivity contribution in [1.29, 1.82) is 0 Å². The van der Waals surface area contributed by atoms with Crippen molar-refractivity contribution in [1.82, 2.24) is 0 Å². The quantitative estimate of drug-likeness (QED) is 0.352. The van der Waals surface area contributed by atoms with E-state index in [0.717, 1.165) is 0 Å². The molecule has 0 aliphatic heterocycles. The number of nitrogens with two attached hydrogens (primary N) is 1. The van der Waals surface area contributed by atoms with E-state index in [2.05, 4.69) is 17.2 Å². The van der Waals surface area contributed by atoms with Crippen molar-refractivity contribution in [3.05, 3.63) is 95.1 Å². The molecule has 0 fully saturated rings. The van der Waals surface area contributed by atoms with Gasteiger partial charge in [-0.1, -0.05) is 36.9 Å². The largest absolute Gasteiger partial charge is 0.398 e. The number of carbonyl (C=O) groups is 3. The van der Waals surface area contributed by atoms with Gasteiger partial charge in [0.15, 0.2) is 11.6 Å². The lowest BCUT2D eigenvalue weighted by atomic mass is 9.82. The predicted molar refractivity (Wildman–Crippen MR) is 117 cm³/mol. The van der Waals surface area contributed by atoms with Crippen molar-refractivity contribution < 1.29 is 14.4 Å². The maximum atomic E-state index is 13.2. The van der Waals surface area contributed by atoms with Crippen LogP contribution in [-0.4, -0.2) is 17.5 Å². The molecule has 4 rings (SSSR count). The molecule has 148 valence electrons. The Balaban J connectivity index is 1.74. The Morgan fingerprint density at radius 2 is 1.50 bits per heavy atom. The number of fused-ring (bicyclic) bond motifs is 2. The Morgan fingerprint density at radius 1 is 0.867 bits per heavy atom. The maximum Gasteiger partial charge on any atom is 0.250 e. The summed E-state index contributed by atoms with van der Waals surface area (Å²) < 4.78 is 0. The highest BCUT2D eigenvalue weighted by atomic mass is 16.2. The summed E-state index contributed by atoms with van der Waals surface area (Å²) >= 11 is 0. The Morgan fingerprint density at radius 3 is 2.17 bits per heavy atom. The number of ketones is 2. The second kappa shape index (κ2) is 7.33. The van der Waals surface area contributed by atoms with Crippen molar-refractivity contribution in [2.45, 2.75) is 6.92 Å². The maximum absolute atomic E-state index is 13.2. The fourth-order valence-corrected chi connectivity index (χ4v) is 3.42. The van der Waals surface area contributed by atoms with Gasteiger partial charge < -0.3 is 16.4 Å². The number of hydrogen-bond donors (Lipinski definition) is 3. The first-order valence-electron chi connectivity index (χ1n) is 9.31. The lowest BCUT2D eigenvalue weighted by molar-refractivity contribution is -0.112. The van der Waals surface area contributed by atoms with Gasteiger partial charge in [0.1, 0.15) is 0 Å². The minimum atomic E-state index is -0.283. The number of hydrogen-bond acceptors (Lipinski definition) is 5. The summed E-state index contributed by atoms with van der Waals surface area (Å²) in [6.07, 6.45) is 0. The van der Waals surface area contributed by atoms with Gasteiger partial charge in [0.2, 0.25) is 0 Å². The summed E-state index contributed by atoms with van der Waals surface area (Å²) in [6.45, 7) is 5.25. The third kappa shape index (κ3) is 3.24. The zero-order valence-electron chi connectivity index (χ0n) is 16.3. The molecule has 3 aromatic rings. The molecule has 0 atom stereocenters. The highest BCUT2D eigenvalue weighted by Gasteiger charge is 2.33. The summed E-state index contributed by atoms with van der Waals surface area (Å²) in [5.41, 5.74) is 9.55. The van der Waals surface area contributed by atoms with Gasteiger partial charge in [-0.3, -0.25) is 14.4 Å². The molecule has 1 aliphatic carbocycles. The van der Waals surface area contributed by atoms with Gasteiger partial charge in [0.25, 0.3) is 5.91 Å². The molecule has 0 heterocycles. The monoisotopic (exact) mass is 397 g/mol. The van der Waals surface area contributed by atoms with Gasteiger partial charge in [-0.05, 0) is 37.3 Å². The van der Waals surface area contributed by atoms with E-state index in [1.807, 2.05) is 0 Å². The molecule has 30 heavy (non-hydrogen) atoms. The van der Waals surface area contributed by atoms with Crippen LogP contribution in [0.1, 0.15) is 38.8 Å². The number of benzene rings is 3. The number of anilines is 4. The second-order valence-electron chi connectivity index (χ2n) is 7.10. The molecule has 0 bridgehead atoms. The van der Waals surface area contributed by atoms with Crippen LogP contribution in [0.3, 0.4) is 0 Å². The van der Waals surface area contributed by atoms with Crippen molar-refractivity contribution in [2.75, 3.05) is 16.4 Å². The Labute approximate surface area is 173 Å². The van der Waals surface area contributed by atoms with E-state index in [4.69, 9.17) is 5.73 Å². The van der Waals surface area contributed by atoms with Gasteiger partial charge in [-0.15, -0.1) is 0 Å². The fourth-order valence-electron chi connectivity index (χ4n) is 3.42. The predicted octanol–water partition coefficient (Wildman–Crippen LogP) is 4.30. The van der Waals surface area contributed by atoms with E-state index in [0.29, 0.717) is 33.8 Å². The molecule has 0 radical (unpaired) electrons. The highest BCUT2D eigenvalue weighted by molar-refractivity contribution is 6.31. The Kier molecular flexibility index (Phi) is 4.68. The summed E-state index contributed by atoms with van der Waals surface area (Å²) in [7, 11) is 0. The van der Waals surface area contributed by atoms with Crippen LogP contribution >= 0.6 is 0 Å². The zero-order chi connectivity index (χ0) is 21.4. The van der Waals surface area contributed by atoms with Crippen molar-refractivity contribution in [2.24, 2.45) is 0 Å². The first-order chi connectivity index (χ1) is 14.4. The van der Waals surface area contributed by atoms with Crippen LogP contribution in [0.25, 0.3) is 0 Å². The van der Waals surface area contributed by atoms with Crippen molar-refractivity contribution in [3.63, 3.8) is 0 Å². The molecule has 1 amide bonds. The summed E-state index contributed by atoms with van der Waals surface area (Å²) in [4.78, 5) is 38.1. The lowest BCUT2D eigenvalue weighted by Crippen LogP contribution is -2.23. The molecule has 1 aliphatic rings. The number of carbonyl (C=O) groups excluding carboxylic acids is 3. The number of amides is 1. The average Bonchev–Trinajstić information content (AvgIpc) is 2.73. The van der Waals surface area contributed by atoms with Crippen LogP contribution in [-0.2, 0) is 4.79 Å². The molecule has 3 aromatic carbocycles. The van der Waals surface area contributed by atoms with Crippen LogP contribution in [0.4, 0.5) is 22.7 Å². The third-order valence-electron chi connectivity index (χ3n) is 4.90. The van der Waals surface area contributed by atoms with E-state index in [9.17, 15) is 14.4 Å². The van der Waals surface area contributed by atoms with Crippen LogP contribution in [0, 0.1) is 0 Å². The summed E-state index contributed by atoms with van der Waals surface area (Å²) in [6, 6.07) is 17.0. The molecule has 4 N–H and O–H groups in total. The fraction of sp³-hybridized carbons (Fsp3) is 0.0417. The molecular weight excluding hydrogens is 378 g/mol. The SMILES string of the molecule is C=C(C)C(=O)Nc1cccc(Nc2ccc(N)c3c2C(=O)c2ccccc2C3=O)c1. The Bertz CT molecular complexity index is 1240. The molecule has 6 nitrogen and oxygen atoms in total. The highest BCUT2D eigenvalue weighted by Crippen LogP contribution is 2.36. The molecule has 0 unspecified atom stereocenters. The van der Waals surface area contributed by atoms with Gasteiger partial charge >= 0.3 is 0 Å². The third-order valence-corrected chi connectivity index (χ3v) is 4.90. The minimum Gasteiger partial charge on any atom is -0.398 e. The first kappa shape index (κ1) is 19.1. The van der Waals surface area contributed by atoms with Gasteiger partial charge in [0, 0.05) is 33.8 Å². The van der Waals surface area contributed by atoms with E-state index >= 15 is 0 Å². The van der Waals surface area contributed by atoms with E-state index in [-0.39, 0.29) is 34.3 Å². The van der Waals surface area contributed by atoms with Crippen molar-refractivity contribution in [3.8, 4) is 0 Å². The number of nitrogens with one attached hydrogen (secondary N) is 2. The van der Waals surface area contributed by atoms with Gasteiger partial charge in [0.05, 0.1) is 16.8 Å². The second-order valence-corrected chi connectivity index (χ2v) is 7.10. The smallest absolute Gasteiger partial charge is 0.250 e. The topological polar surface area (TPSA) is 101 Å². The number of rotatable bonds is 4. The van der Waals surface area contributed by atoms with Crippen LogP contribution in [0.2, 0.25) is 0 Å². The summed E-state index contributed by atoms with van der Waals surface area (Å²) in [5.74, 6) is -0.819. The standard InChI is InChI=1S/C24H19N3O3/c1-13(2)24(30)27-15-7-5-6-14(12-15)26-19-11-10-18(25)20-21(19)23(29)17-9-4-3-8-16(17)22(20)28/h3-12,26H,1,25H2,2H3,(H,27,30). The van der Waals surface area contributed by atoms with Gasteiger partial charge in [-0.25, -0.2) is 0 Å². The minimum absolute atomic E-state index is 0.204. The normalized spacial score (nSPS) is 12.0. The van der Waals surface area contributed by atoms with E-state index in [1.54, 1.807) is 67.6 Å². The van der Waals surface area contributed by atoms with Crippen LogP contribution in [0.15, 0.2) is 72.8 Å². The molecule has 6 heteroatoms. The molecule has 0 spiro atoms. The van der Waals surface area contributed by atoms with Gasteiger partial charge in [-0.2, -0.15) is 0 Å². The average molecular weight is 397 g/mol. The lowest BCUT2D eigenvalue weighted by Gasteiger charge is -2.22. The zero-order valence-corrected chi connectivity index (χ0v) is 16.3. The van der Waals surface area contributed by atoms with Crippen LogP contribution < -0.4 is 16.4 Å². The molecule has 0 saturated heterocycles.